The van der Waals surface area contributed by atoms with Crippen molar-refractivity contribution in [2.24, 2.45) is 4.99 Å². The van der Waals surface area contributed by atoms with E-state index in [9.17, 15) is 0 Å². The second-order valence-electron chi connectivity index (χ2n) is 7.10. The largest absolute Gasteiger partial charge is 0.444 e. The molecule has 8 nitrogen and oxygen atoms in total. The quantitative estimate of drug-likeness (QED) is 0.526. The summed E-state index contributed by atoms with van der Waals surface area (Å²) < 4.78 is 10.8. The van der Waals surface area contributed by atoms with Crippen LogP contribution in [0.2, 0.25) is 0 Å². The van der Waals surface area contributed by atoms with Crippen LogP contribution in [-0.4, -0.2) is 59.1 Å². The third kappa shape index (κ3) is 4.83. The number of benzene rings is 1. The van der Waals surface area contributed by atoms with Gasteiger partial charge in [0.05, 0.1) is 17.9 Å². The fourth-order valence-corrected chi connectivity index (χ4v) is 3.44. The number of rotatable bonds is 5. The lowest BCUT2D eigenvalue weighted by Gasteiger charge is -2.36. The summed E-state index contributed by atoms with van der Waals surface area (Å²) in [5.74, 6) is 2.37. The van der Waals surface area contributed by atoms with Gasteiger partial charge in [-0.3, -0.25) is 9.89 Å². The maximum atomic E-state index is 5.61. The van der Waals surface area contributed by atoms with Crippen molar-refractivity contribution in [1.82, 2.24) is 25.3 Å². The zero-order chi connectivity index (χ0) is 20.1. The van der Waals surface area contributed by atoms with Gasteiger partial charge in [-0.05, 0) is 19.1 Å². The van der Waals surface area contributed by atoms with Crippen LogP contribution in [0.15, 0.2) is 56.6 Å². The minimum absolute atomic E-state index is 0.571. The van der Waals surface area contributed by atoms with Crippen molar-refractivity contribution in [3.05, 3.63) is 59.8 Å². The highest BCUT2D eigenvalue weighted by atomic mass is 16.5. The SMILES string of the molecule is CN=C(NCc1coc(-c2ccccc2)n1)N1CCN(Cc2cc(C)on2)CC1. The standard InChI is InChI=1S/C21H26N6O2/c1-16-12-18(25-29-16)14-26-8-10-27(11-9-26)21(22-2)23-13-19-15-28-20(24-19)17-6-4-3-5-7-17/h3-7,12,15H,8-11,13-14H2,1-2H3,(H,22,23). The number of aromatic nitrogens is 2. The maximum absolute atomic E-state index is 5.61. The Morgan fingerprint density at radius 3 is 2.62 bits per heavy atom. The minimum Gasteiger partial charge on any atom is -0.444 e. The summed E-state index contributed by atoms with van der Waals surface area (Å²) in [6.45, 7) is 7.03. The van der Waals surface area contributed by atoms with E-state index in [-0.39, 0.29) is 0 Å². The van der Waals surface area contributed by atoms with E-state index < -0.39 is 0 Å². The van der Waals surface area contributed by atoms with Crippen LogP contribution in [0.5, 0.6) is 0 Å². The smallest absolute Gasteiger partial charge is 0.226 e. The third-order valence-electron chi connectivity index (χ3n) is 4.95. The van der Waals surface area contributed by atoms with Gasteiger partial charge in [-0.25, -0.2) is 4.98 Å². The first-order valence-electron chi connectivity index (χ1n) is 9.81. The summed E-state index contributed by atoms with van der Waals surface area (Å²) in [6.07, 6.45) is 1.69. The molecule has 0 spiro atoms. The van der Waals surface area contributed by atoms with Crippen LogP contribution in [0.25, 0.3) is 11.5 Å². The van der Waals surface area contributed by atoms with Crippen LogP contribution >= 0.6 is 0 Å². The highest BCUT2D eigenvalue weighted by molar-refractivity contribution is 5.80. The molecule has 29 heavy (non-hydrogen) atoms. The van der Waals surface area contributed by atoms with Gasteiger partial charge in [0.25, 0.3) is 0 Å². The Labute approximate surface area is 170 Å². The van der Waals surface area contributed by atoms with Gasteiger partial charge in [0.15, 0.2) is 5.96 Å². The van der Waals surface area contributed by atoms with Gasteiger partial charge in [-0.15, -0.1) is 0 Å². The Morgan fingerprint density at radius 2 is 1.93 bits per heavy atom. The number of guanidine groups is 1. The second kappa shape index (κ2) is 8.91. The maximum Gasteiger partial charge on any atom is 0.226 e. The van der Waals surface area contributed by atoms with E-state index in [0.717, 1.165) is 61.4 Å². The molecule has 0 atom stereocenters. The molecule has 2 aromatic heterocycles. The van der Waals surface area contributed by atoms with E-state index in [1.54, 1.807) is 6.26 Å². The van der Waals surface area contributed by atoms with Gasteiger partial charge in [-0.1, -0.05) is 23.4 Å². The summed E-state index contributed by atoms with van der Waals surface area (Å²) in [6, 6.07) is 11.9. The molecule has 4 rings (SSSR count). The predicted octanol–water partition coefficient (Wildman–Crippen LogP) is 2.53. The zero-order valence-corrected chi connectivity index (χ0v) is 16.8. The molecular formula is C21H26N6O2. The van der Waals surface area contributed by atoms with Crippen molar-refractivity contribution in [2.45, 2.75) is 20.0 Å². The minimum atomic E-state index is 0.571. The van der Waals surface area contributed by atoms with Crippen molar-refractivity contribution in [1.29, 1.82) is 0 Å². The van der Waals surface area contributed by atoms with Crippen LogP contribution in [0.4, 0.5) is 0 Å². The van der Waals surface area contributed by atoms with Gasteiger partial charge in [-0.2, -0.15) is 0 Å². The normalized spacial score (nSPS) is 15.7. The third-order valence-corrected chi connectivity index (χ3v) is 4.95. The van der Waals surface area contributed by atoms with Crippen molar-refractivity contribution >= 4 is 5.96 Å². The fraction of sp³-hybridized carbons (Fsp3) is 0.381. The van der Waals surface area contributed by atoms with E-state index in [1.165, 1.54) is 0 Å². The number of nitrogens with one attached hydrogen (secondary N) is 1. The summed E-state index contributed by atoms with van der Waals surface area (Å²) in [7, 11) is 1.81. The molecule has 3 heterocycles. The first-order chi connectivity index (χ1) is 14.2. The van der Waals surface area contributed by atoms with Crippen LogP contribution in [0, 0.1) is 6.92 Å². The Morgan fingerprint density at radius 1 is 1.14 bits per heavy atom. The molecule has 8 heteroatoms. The number of hydrogen-bond acceptors (Lipinski definition) is 6. The second-order valence-corrected chi connectivity index (χ2v) is 7.10. The molecule has 1 aliphatic heterocycles. The topological polar surface area (TPSA) is 82.9 Å². The predicted molar refractivity (Wildman–Crippen MR) is 110 cm³/mol. The zero-order valence-electron chi connectivity index (χ0n) is 16.8. The van der Waals surface area contributed by atoms with E-state index in [4.69, 9.17) is 8.94 Å². The lowest BCUT2D eigenvalue weighted by molar-refractivity contribution is 0.169. The molecule has 1 N–H and O–H groups in total. The molecule has 1 aliphatic rings. The molecule has 152 valence electrons. The molecule has 1 aromatic carbocycles. The molecule has 1 saturated heterocycles. The number of aliphatic imine (C=N–C) groups is 1. The van der Waals surface area contributed by atoms with E-state index >= 15 is 0 Å². The molecule has 0 amide bonds. The molecule has 0 radical (unpaired) electrons. The van der Waals surface area contributed by atoms with Crippen LogP contribution in [0.1, 0.15) is 17.1 Å². The van der Waals surface area contributed by atoms with Gasteiger partial charge in [0.1, 0.15) is 12.0 Å². The van der Waals surface area contributed by atoms with E-state index in [1.807, 2.05) is 50.4 Å². The summed E-state index contributed by atoms with van der Waals surface area (Å²) in [5.41, 5.74) is 2.81. The summed E-state index contributed by atoms with van der Waals surface area (Å²) >= 11 is 0. The first-order valence-corrected chi connectivity index (χ1v) is 9.81. The lowest BCUT2D eigenvalue weighted by atomic mass is 10.2. The molecule has 0 aliphatic carbocycles. The number of aryl methyl sites for hydroxylation is 1. The highest BCUT2D eigenvalue weighted by Crippen LogP contribution is 2.18. The van der Waals surface area contributed by atoms with Gasteiger partial charge >= 0.3 is 0 Å². The lowest BCUT2D eigenvalue weighted by Crippen LogP contribution is -2.52. The van der Waals surface area contributed by atoms with Crippen LogP contribution in [-0.2, 0) is 13.1 Å². The monoisotopic (exact) mass is 394 g/mol. The number of oxazole rings is 1. The Hall–Kier alpha value is -3.13. The van der Waals surface area contributed by atoms with Crippen molar-refractivity contribution in [3.8, 4) is 11.5 Å². The summed E-state index contributed by atoms with van der Waals surface area (Å²) in [5, 5.41) is 7.48. The Bertz CT molecular complexity index is 941. The Balaban J connectivity index is 1.27. The average Bonchev–Trinajstić information content (AvgIpc) is 3.39. The fourth-order valence-electron chi connectivity index (χ4n) is 3.44. The number of piperazine rings is 1. The van der Waals surface area contributed by atoms with Crippen LogP contribution < -0.4 is 5.32 Å². The van der Waals surface area contributed by atoms with E-state index in [2.05, 4.69) is 30.2 Å². The van der Waals surface area contributed by atoms with Crippen molar-refractivity contribution in [3.63, 3.8) is 0 Å². The highest BCUT2D eigenvalue weighted by Gasteiger charge is 2.20. The summed E-state index contributed by atoms with van der Waals surface area (Å²) in [4.78, 5) is 13.6. The molecule has 1 fully saturated rings. The van der Waals surface area contributed by atoms with Gasteiger partial charge in [0, 0.05) is 51.4 Å². The Kier molecular flexibility index (Phi) is 5.90. The number of hydrogen-bond donors (Lipinski definition) is 1. The molecule has 0 unspecified atom stereocenters. The first kappa shape index (κ1) is 19.2. The van der Waals surface area contributed by atoms with Crippen molar-refractivity contribution in [2.75, 3.05) is 33.2 Å². The molecule has 0 bridgehead atoms. The molecule has 0 saturated carbocycles. The van der Waals surface area contributed by atoms with Crippen molar-refractivity contribution < 1.29 is 8.94 Å². The van der Waals surface area contributed by atoms with E-state index in [0.29, 0.717) is 12.4 Å². The van der Waals surface area contributed by atoms with Gasteiger partial charge in [0.2, 0.25) is 5.89 Å². The number of nitrogens with zero attached hydrogens (tertiary/aromatic N) is 5. The molecule has 3 aromatic rings. The molecular weight excluding hydrogens is 368 g/mol. The average molecular weight is 394 g/mol. The van der Waals surface area contributed by atoms with Gasteiger partial charge < -0.3 is 19.2 Å². The van der Waals surface area contributed by atoms with Crippen LogP contribution in [0.3, 0.4) is 0 Å².